The van der Waals surface area contributed by atoms with Gasteiger partial charge < -0.3 is 5.32 Å². The molecule has 3 aromatic rings. The van der Waals surface area contributed by atoms with Gasteiger partial charge in [-0.1, -0.05) is 29.3 Å². The van der Waals surface area contributed by atoms with Gasteiger partial charge in [-0.3, -0.25) is 9.52 Å². The number of sulfonamides is 1. The first-order valence-electron chi connectivity index (χ1n) is 8.62. The smallest absolute Gasteiger partial charge is 0.261 e. The maximum Gasteiger partial charge on any atom is 0.261 e. The minimum Gasteiger partial charge on any atom is -0.322 e. The first kappa shape index (κ1) is 21.6. The van der Waals surface area contributed by atoms with E-state index in [1.165, 1.54) is 30.3 Å². The molecule has 3 aromatic carbocycles. The number of benzene rings is 3. The van der Waals surface area contributed by atoms with Crippen LogP contribution < -0.4 is 10.0 Å². The molecule has 0 fully saturated rings. The summed E-state index contributed by atoms with van der Waals surface area (Å²) in [5.74, 6) is -0.368. The Labute approximate surface area is 188 Å². The minimum absolute atomic E-state index is 0.148. The molecule has 29 heavy (non-hydrogen) atoms. The van der Waals surface area contributed by atoms with Crippen molar-refractivity contribution < 1.29 is 13.2 Å². The Balaban J connectivity index is 1.79. The Morgan fingerprint density at radius 1 is 0.966 bits per heavy atom. The fraction of sp³-hybridized carbons (Fsp3) is 0.0952. The third-order valence-electron chi connectivity index (χ3n) is 4.23. The van der Waals surface area contributed by atoms with E-state index in [0.717, 1.165) is 14.7 Å². The van der Waals surface area contributed by atoms with Gasteiger partial charge in [0.2, 0.25) is 0 Å². The van der Waals surface area contributed by atoms with E-state index >= 15 is 0 Å². The van der Waals surface area contributed by atoms with Gasteiger partial charge in [0.15, 0.2) is 0 Å². The number of rotatable bonds is 5. The molecule has 1 amide bonds. The van der Waals surface area contributed by atoms with Crippen LogP contribution in [0.5, 0.6) is 0 Å². The van der Waals surface area contributed by atoms with E-state index in [0.29, 0.717) is 5.69 Å². The van der Waals surface area contributed by atoms with Crippen LogP contribution in [0.2, 0.25) is 5.02 Å². The van der Waals surface area contributed by atoms with Gasteiger partial charge in [0.05, 0.1) is 21.2 Å². The van der Waals surface area contributed by atoms with Crippen molar-refractivity contribution in [2.45, 2.75) is 18.7 Å². The number of hydrogen-bond donors (Lipinski definition) is 2. The number of halogens is 2. The average Bonchev–Trinajstić information content (AvgIpc) is 2.64. The Kier molecular flexibility index (Phi) is 6.50. The number of aryl methyl sites for hydroxylation is 2. The van der Waals surface area contributed by atoms with Crippen LogP contribution in [0.25, 0.3) is 0 Å². The van der Waals surface area contributed by atoms with Crippen LogP contribution >= 0.6 is 34.2 Å². The van der Waals surface area contributed by atoms with Crippen LogP contribution in [-0.2, 0) is 10.0 Å². The lowest BCUT2D eigenvalue weighted by molar-refractivity contribution is 0.102. The molecule has 0 aliphatic heterocycles. The highest BCUT2D eigenvalue weighted by Gasteiger charge is 2.17. The number of amides is 1. The van der Waals surface area contributed by atoms with Gasteiger partial charge >= 0.3 is 0 Å². The summed E-state index contributed by atoms with van der Waals surface area (Å²) < 4.78 is 28.6. The van der Waals surface area contributed by atoms with Crippen LogP contribution in [0, 0.1) is 17.4 Å². The zero-order chi connectivity index (χ0) is 21.2. The van der Waals surface area contributed by atoms with Gasteiger partial charge in [0.25, 0.3) is 15.9 Å². The van der Waals surface area contributed by atoms with Crippen molar-refractivity contribution in [2.24, 2.45) is 0 Å². The highest BCUT2D eigenvalue weighted by atomic mass is 127. The van der Waals surface area contributed by atoms with Crippen molar-refractivity contribution >= 4 is 61.5 Å². The molecule has 2 N–H and O–H groups in total. The molecule has 150 valence electrons. The lowest BCUT2D eigenvalue weighted by atomic mass is 10.1. The molecule has 8 heteroatoms. The molecule has 5 nitrogen and oxygen atoms in total. The van der Waals surface area contributed by atoms with Crippen LogP contribution in [0.1, 0.15) is 21.5 Å². The zero-order valence-electron chi connectivity index (χ0n) is 15.7. The highest BCUT2D eigenvalue weighted by Crippen LogP contribution is 2.25. The van der Waals surface area contributed by atoms with Crippen molar-refractivity contribution in [1.82, 2.24) is 0 Å². The van der Waals surface area contributed by atoms with E-state index < -0.39 is 10.0 Å². The van der Waals surface area contributed by atoms with Crippen molar-refractivity contribution in [3.05, 3.63) is 85.9 Å². The summed E-state index contributed by atoms with van der Waals surface area (Å²) in [6.07, 6.45) is 0. The van der Waals surface area contributed by atoms with Crippen LogP contribution in [-0.4, -0.2) is 14.3 Å². The second kappa shape index (κ2) is 8.73. The lowest BCUT2D eigenvalue weighted by Crippen LogP contribution is -2.15. The zero-order valence-corrected chi connectivity index (χ0v) is 19.4. The van der Waals surface area contributed by atoms with E-state index in [9.17, 15) is 13.2 Å². The fourth-order valence-electron chi connectivity index (χ4n) is 2.65. The van der Waals surface area contributed by atoms with Gasteiger partial charge in [0, 0.05) is 9.26 Å². The SMILES string of the molecule is Cc1ccc(S(=O)(=O)Nc2ccc(C(=O)Nc3ccc(I)cc3C)c(Cl)c2)cc1. The lowest BCUT2D eigenvalue weighted by Gasteiger charge is -2.12. The normalized spacial score (nSPS) is 11.2. The first-order valence-corrected chi connectivity index (χ1v) is 11.6. The second-order valence-electron chi connectivity index (χ2n) is 6.53. The minimum atomic E-state index is -3.75. The molecule has 0 bridgehead atoms. The molecule has 0 heterocycles. The predicted molar refractivity (Wildman–Crippen MR) is 125 cm³/mol. The molecule has 0 saturated heterocycles. The maximum absolute atomic E-state index is 12.6. The molecule has 0 radical (unpaired) electrons. The van der Waals surface area contributed by atoms with E-state index in [4.69, 9.17) is 11.6 Å². The highest BCUT2D eigenvalue weighted by molar-refractivity contribution is 14.1. The van der Waals surface area contributed by atoms with E-state index in [1.807, 2.05) is 32.0 Å². The monoisotopic (exact) mass is 540 g/mol. The van der Waals surface area contributed by atoms with Crippen LogP contribution in [0.4, 0.5) is 11.4 Å². The van der Waals surface area contributed by atoms with Crippen LogP contribution in [0.3, 0.4) is 0 Å². The van der Waals surface area contributed by atoms with Gasteiger partial charge in [-0.05, 0) is 90.5 Å². The number of hydrogen-bond acceptors (Lipinski definition) is 3. The number of anilines is 2. The summed E-state index contributed by atoms with van der Waals surface area (Å²) in [6.45, 7) is 3.79. The molecule has 0 unspecified atom stereocenters. The largest absolute Gasteiger partial charge is 0.322 e. The van der Waals surface area contributed by atoms with Gasteiger partial charge in [-0.2, -0.15) is 0 Å². The van der Waals surface area contributed by atoms with Crippen LogP contribution in [0.15, 0.2) is 65.6 Å². The summed E-state index contributed by atoms with van der Waals surface area (Å²) in [5, 5.41) is 2.98. The molecular weight excluding hydrogens is 523 g/mol. The first-order chi connectivity index (χ1) is 13.7. The standard InChI is InChI=1S/C21H18ClIN2O3S/c1-13-3-7-17(8-4-13)29(27,28)25-16-6-9-18(19(22)12-16)21(26)24-20-10-5-15(23)11-14(20)2/h3-12,25H,1-2H3,(H,24,26). The van der Waals surface area contributed by atoms with E-state index in [1.54, 1.807) is 12.1 Å². The summed E-state index contributed by atoms with van der Waals surface area (Å²) in [6, 6.07) is 16.6. The number of carbonyl (C=O) groups is 1. The molecule has 0 spiro atoms. The van der Waals surface area contributed by atoms with Crippen molar-refractivity contribution in [3.63, 3.8) is 0 Å². The quantitative estimate of drug-likeness (QED) is 0.413. The van der Waals surface area contributed by atoms with Crippen molar-refractivity contribution in [1.29, 1.82) is 0 Å². The molecule has 0 saturated carbocycles. The summed E-state index contributed by atoms with van der Waals surface area (Å²) in [5.41, 5.74) is 3.12. The summed E-state index contributed by atoms with van der Waals surface area (Å²) in [7, 11) is -3.75. The fourth-order valence-corrected chi connectivity index (χ4v) is 4.61. The molecule has 0 atom stereocenters. The molecule has 0 aliphatic carbocycles. The van der Waals surface area contributed by atoms with Crippen molar-refractivity contribution in [3.8, 4) is 0 Å². The molecule has 3 rings (SSSR count). The molecule has 0 aliphatic rings. The molecule has 0 aromatic heterocycles. The van der Waals surface area contributed by atoms with Crippen molar-refractivity contribution in [2.75, 3.05) is 10.0 Å². The summed E-state index contributed by atoms with van der Waals surface area (Å²) in [4.78, 5) is 12.7. The Hall–Kier alpha value is -2.10. The third kappa shape index (κ3) is 5.29. The van der Waals surface area contributed by atoms with Gasteiger partial charge in [-0.25, -0.2) is 8.42 Å². The topological polar surface area (TPSA) is 75.3 Å². The van der Waals surface area contributed by atoms with E-state index in [2.05, 4.69) is 32.6 Å². The maximum atomic E-state index is 12.6. The predicted octanol–water partition coefficient (Wildman–Crippen LogP) is 5.61. The Bertz CT molecular complexity index is 1180. The van der Waals surface area contributed by atoms with Gasteiger partial charge in [0.1, 0.15) is 0 Å². The second-order valence-corrected chi connectivity index (χ2v) is 9.86. The molecular formula is C21H18ClIN2O3S. The number of nitrogens with one attached hydrogen (secondary N) is 2. The third-order valence-corrected chi connectivity index (χ3v) is 6.61. The Morgan fingerprint density at radius 2 is 1.66 bits per heavy atom. The average molecular weight is 541 g/mol. The van der Waals surface area contributed by atoms with E-state index in [-0.39, 0.29) is 27.1 Å². The Morgan fingerprint density at radius 3 is 2.28 bits per heavy atom. The summed E-state index contributed by atoms with van der Waals surface area (Å²) >= 11 is 8.46. The number of carbonyl (C=O) groups excluding carboxylic acids is 1. The van der Waals surface area contributed by atoms with Gasteiger partial charge in [-0.15, -0.1) is 0 Å².